The minimum absolute atomic E-state index is 0.0705. The highest BCUT2D eigenvalue weighted by molar-refractivity contribution is 5.79. The topological polar surface area (TPSA) is 25.2 Å². The Morgan fingerprint density at radius 1 is 1.00 bits per heavy atom. The number of halogens is 1. The molecule has 0 fully saturated rings. The van der Waals surface area contributed by atoms with Gasteiger partial charge in [0.1, 0.15) is 5.82 Å². The van der Waals surface area contributed by atoms with E-state index in [2.05, 4.69) is 67.9 Å². The third-order valence-electron chi connectivity index (χ3n) is 5.94. The van der Waals surface area contributed by atoms with Gasteiger partial charge in [0.25, 0.3) is 0 Å². The maximum atomic E-state index is 13.4. The third kappa shape index (κ3) is 4.18. The second kappa shape index (κ2) is 8.10. The molecule has 4 heteroatoms. The summed E-state index contributed by atoms with van der Waals surface area (Å²) in [7, 11) is 0. The van der Waals surface area contributed by atoms with Crippen LogP contribution in [0, 0.1) is 5.82 Å². The fraction of sp³-hybridized carbons (Fsp3) is 0.346. The van der Waals surface area contributed by atoms with Crippen LogP contribution >= 0.6 is 0 Å². The van der Waals surface area contributed by atoms with E-state index in [0.717, 1.165) is 29.8 Å². The molecule has 0 saturated carbocycles. The van der Waals surface area contributed by atoms with E-state index in [0.29, 0.717) is 6.54 Å². The minimum Gasteiger partial charge on any atom is -0.349 e. The van der Waals surface area contributed by atoms with Gasteiger partial charge in [-0.1, -0.05) is 57.2 Å². The highest BCUT2D eigenvalue weighted by Crippen LogP contribution is 2.34. The molecule has 2 aromatic carbocycles. The second-order valence-electron chi connectivity index (χ2n) is 9.14. The molecular weight excluding hydrogens is 375 g/mol. The Kier molecular flexibility index (Phi) is 5.50. The molecule has 1 atom stereocenters. The van der Waals surface area contributed by atoms with Crippen LogP contribution in [-0.2, 0) is 23.2 Å². The molecule has 2 heterocycles. The number of hydrogen-bond acceptors (Lipinski definition) is 1. The molecule has 156 valence electrons. The summed E-state index contributed by atoms with van der Waals surface area (Å²) >= 11 is 0. The Morgan fingerprint density at radius 3 is 2.37 bits per heavy atom. The van der Waals surface area contributed by atoms with Crippen molar-refractivity contribution in [1.29, 1.82) is 0 Å². The van der Waals surface area contributed by atoms with Gasteiger partial charge in [-0.2, -0.15) is 0 Å². The van der Waals surface area contributed by atoms with Crippen LogP contribution in [0.4, 0.5) is 4.39 Å². The number of nitrogens with zero attached hydrogens (tertiary/aromatic N) is 2. The molecule has 0 saturated heterocycles. The van der Waals surface area contributed by atoms with Crippen molar-refractivity contribution in [2.45, 2.75) is 51.6 Å². The Labute approximate surface area is 178 Å². The van der Waals surface area contributed by atoms with Gasteiger partial charge in [-0.3, -0.25) is 4.79 Å². The molecule has 0 bridgehead atoms. The van der Waals surface area contributed by atoms with Crippen LogP contribution in [0.1, 0.15) is 55.6 Å². The van der Waals surface area contributed by atoms with Gasteiger partial charge in [-0.15, -0.1) is 0 Å². The first-order valence-corrected chi connectivity index (χ1v) is 10.6. The van der Waals surface area contributed by atoms with E-state index in [1.54, 1.807) is 12.1 Å². The van der Waals surface area contributed by atoms with E-state index in [9.17, 15) is 9.18 Å². The summed E-state index contributed by atoms with van der Waals surface area (Å²) in [5.74, 6) is -0.211. The van der Waals surface area contributed by atoms with E-state index in [4.69, 9.17) is 0 Å². The Morgan fingerprint density at radius 2 is 1.70 bits per heavy atom. The number of carbonyl (C=O) groups excluding carboxylic acids is 1. The highest BCUT2D eigenvalue weighted by Gasteiger charge is 2.31. The smallest absolute Gasteiger partial charge is 0.227 e. The van der Waals surface area contributed by atoms with Crippen LogP contribution in [0.15, 0.2) is 66.9 Å². The van der Waals surface area contributed by atoms with E-state index in [1.807, 2.05) is 4.90 Å². The van der Waals surface area contributed by atoms with Crippen LogP contribution in [-0.4, -0.2) is 21.9 Å². The van der Waals surface area contributed by atoms with Gasteiger partial charge >= 0.3 is 0 Å². The second-order valence-corrected chi connectivity index (χ2v) is 9.14. The standard InChI is InChI=1S/C26H29FN2O/c1-26(2,3)21-11-9-20(10-12-21)25-23-6-4-15-28(23)16-5-17-29(25)24(30)18-19-7-13-22(27)14-8-19/h4,6-15,25H,5,16-18H2,1-3H3. The van der Waals surface area contributed by atoms with Crippen molar-refractivity contribution in [2.24, 2.45) is 0 Å². The predicted molar refractivity (Wildman–Crippen MR) is 118 cm³/mol. The first-order chi connectivity index (χ1) is 14.3. The van der Waals surface area contributed by atoms with Crippen LogP contribution in [0.25, 0.3) is 0 Å². The summed E-state index contributed by atoms with van der Waals surface area (Å²) in [5.41, 5.74) is 4.46. The summed E-state index contributed by atoms with van der Waals surface area (Å²) < 4.78 is 15.5. The van der Waals surface area contributed by atoms with Crippen molar-refractivity contribution in [2.75, 3.05) is 6.54 Å². The van der Waals surface area contributed by atoms with Crippen molar-refractivity contribution in [3.05, 3.63) is 95.1 Å². The predicted octanol–water partition coefficient (Wildman–Crippen LogP) is 5.49. The Balaban J connectivity index is 1.69. The number of rotatable bonds is 3. The van der Waals surface area contributed by atoms with Gasteiger partial charge in [0.15, 0.2) is 0 Å². The van der Waals surface area contributed by atoms with Crippen molar-refractivity contribution >= 4 is 5.91 Å². The van der Waals surface area contributed by atoms with E-state index in [-0.39, 0.29) is 29.6 Å². The highest BCUT2D eigenvalue weighted by atomic mass is 19.1. The van der Waals surface area contributed by atoms with Gasteiger partial charge in [0.2, 0.25) is 5.91 Å². The zero-order chi connectivity index (χ0) is 21.3. The number of aromatic nitrogens is 1. The monoisotopic (exact) mass is 404 g/mol. The molecule has 1 unspecified atom stereocenters. The van der Waals surface area contributed by atoms with Crippen molar-refractivity contribution in [3.8, 4) is 0 Å². The molecule has 1 aromatic heterocycles. The fourth-order valence-corrected chi connectivity index (χ4v) is 4.24. The molecule has 30 heavy (non-hydrogen) atoms. The molecule has 1 aliphatic heterocycles. The van der Waals surface area contributed by atoms with E-state index < -0.39 is 0 Å². The van der Waals surface area contributed by atoms with Crippen LogP contribution in [0.2, 0.25) is 0 Å². The lowest BCUT2D eigenvalue weighted by molar-refractivity contribution is -0.132. The molecule has 3 aromatic rings. The largest absolute Gasteiger partial charge is 0.349 e. The van der Waals surface area contributed by atoms with E-state index in [1.165, 1.54) is 17.7 Å². The first kappa shape index (κ1) is 20.4. The SMILES string of the molecule is CC(C)(C)c1ccc(C2c3cccn3CCCN2C(=O)Cc2ccc(F)cc2)cc1. The molecule has 1 amide bonds. The summed E-state index contributed by atoms with van der Waals surface area (Å²) in [4.78, 5) is 15.4. The van der Waals surface area contributed by atoms with E-state index >= 15 is 0 Å². The van der Waals surface area contributed by atoms with Crippen LogP contribution < -0.4 is 0 Å². The normalized spacial score (nSPS) is 16.8. The zero-order valence-electron chi connectivity index (χ0n) is 17.9. The van der Waals surface area contributed by atoms with Gasteiger partial charge < -0.3 is 9.47 Å². The molecule has 1 aliphatic rings. The molecular formula is C26H29FN2O. The van der Waals surface area contributed by atoms with Gasteiger partial charge in [0.05, 0.1) is 12.5 Å². The molecule has 0 N–H and O–H groups in total. The number of amides is 1. The first-order valence-electron chi connectivity index (χ1n) is 10.6. The maximum absolute atomic E-state index is 13.4. The average molecular weight is 405 g/mol. The summed E-state index contributed by atoms with van der Waals surface area (Å²) in [5, 5.41) is 0. The van der Waals surface area contributed by atoms with Gasteiger partial charge in [-0.05, 0) is 52.8 Å². The molecule has 0 aliphatic carbocycles. The molecule has 4 rings (SSSR count). The summed E-state index contributed by atoms with van der Waals surface area (Å²) in [6.45, 7) is 8.22. The lowest BCUT2D eigenvalue weighted by Crippen LogP contribution is -2.36. The lowest BCUT2D eigenvalue weighted by Gasteiger charge is -2.31. The minimum atomic E-state index is -0.282. The molecule has 3 nitrogen and oxygen atoms in total. The van der Waals surface area contributed by atoms with Gasteiger partial charge in [-0.25, -0.2) is 4.39 Å². The quantitative estimate of drug-likeness (QED) is 0.567. The summed E-state index contributed by atoms with van der Waals surface area (Å²) in [6, 6.07) is 18.9. The maximum Gasteiger partial charge on any atom is 0.227 e. The number of carbonyl (C=O) groups is 1. The number of hydrogen-bond donors (Lipinski definition) is 0. The van der Waals surface area contributed by atoms with Gasteiger partial charge in [0, 0.05) is 25.0 Å². The molecule has 0 radical (unpaired) electrons. The van der Waals surface area contributed by atoms with Crippen LogP contribution in [0.5, 0.6) is 0 Å². The van der Waals surface area contributed by atoms with Crippen molar-refractivity contribution in [3.63, 3.8) is 0 Å². The number of benzene rings is 2. The zero-order valence-corrected chi connectivity index (χ0v) is 17.9. The Hall–Kier alpha value is -2.88. The van der Waals surface area contributed by atoms with Crippen molar-refractivity contribution < 1.29 is 9.18 Å². The Bertz CT molecular complexity index is 1010. The lowest BCUT2D eigenvalue weighted by atomic mass is 9.86. The summed E-state index contributed by atoms with van der Waals surface area (Å²) in [6.07, 6.45) is 3.28. The van der Waals surface area contributed by atoms with Crippen LogP contribution in [0.3, 0.4) is 0 Å². The third-order valence-corrected chi connectivity index (χ3v) is 5.94. The van der Waals surface area contributed by atoms with Crippen molar-refractivity contribution in [1.82, 2.24) is 9.47 Å². The fourth-order valence-electron chi connectivity index (χ4n) is 4.24. The number of fused-ring (bicyclic) bond motifs is 1. The average Bonchev–Trinajstić information content (AvgIpc) is 3.09. The molecule has 0 spiro atoms. The number of aryl methyl sites for hydroxylation is 1.